The van der Waals surface area contributed by atoms with Gasteiger partial charge in [-0.15, -0.1) is 11.3 Å². The quantitative estimate of drug-likeness (QED) is 0.596. The van der Waals surface area contributed by atoms with Gasteiger partial charge in [0.05, 0.1) is 17.2 Å². The number of carbonyl (C=O) groups excluding carboxylic acids is 2. The van der Waals surface area contributed by atoms with Crippen molar-refractivity contribution in [2.75, 3.05) is 0 Å². The van der Waals surface area contributed by atoms with Gasteiger partial charge >= 0.3 is 11.9 Å². The van der Waals surface area contributed by atoms with Crippen LogP contribution in [0.3, 0.4) is 0 Å². The third kappa shape index (κ3) is 5.28. The predicted molar refractivity (Wildman–Crippen MR) is 76.5 cm³/mol. The van der Waals surface area contributed by atoms with E-state index in [0.717, 1.165) is 9.88 Å². The molecule has 6 heteroatoms. The van der Waals surface area contributed by atoms with Gasteiger partial charge in [-0.25, -0.2) is 4.98 Å². The van der Waals surface area contributed by atoms with Crippen molar-refractivity contribution >= 4 is 23.3 Å². The number of hydrogen-bond acceptors (Lipinski definition) is 6. The van der Waals surface area contributed by atoms with E-state index in [1.165, 1.54) is 11.3 Å². The van der Waals surface area contributed by atoms with Crippen LogP contribution in [0.4, 0.5) is 0 Å². The molecule has 0 N–H and O–H groups in total. The summed E-state index contributed by atoms with van der Waals surface area (Å²) in [7, 11) is 0. The highest BCUT2D eigenvalue weighted by atomic mass is 32.1. The number of aromatic nitrogens is 1. The molecule has 0 saturated heterocycles. The molecule has 0 fully saturated rings. The molecule has 1 aromatic rings. The lowest BCUT2D eigenvalue weighted by Gasteiger charge is -2.17. The molecule has 0 aliphatic rings. The smallest absolute Gasteiger partial charge is 0.320 e. The summed E-state index contributed by atoms with van der Waals surface area (Å²) in [4.78, 5) is 29.1. The Morgan fingerprint density at radius 1 is 1.15 bits per heavy atom. The summed E-state index contributed by atoms with van der Waals surface area (Å²) < 4.78 is 10.3. The van der Waals surface area contributed by atoms with Crippen LogP contribution in [0.5, 0.6) is 0 Å². The summed E-state index contributed by atoms with van der Waals surface area (Å²) in [6.07, 6.45) is 1.42. The number of hydrogen-bond donors (Lipinski definition) is 0. The summed E-state index contributed by atoms with van der Waals surface area (Å²) in [5, 5.41) is 0.896. The second-order valence-electron chi connectivity index (χ2n) is 5.07. The Bertz CT molecular complexity index is 445. The van der Waals surface area contributed by atoms with E-state index in [-0.39, 0.29) is 18.6 Å². The molecule has 0 atom stereocenters. The molecular weight excluding hydrogens is 278 g/mol. The van der Waals surface area contributed by atoms with Gasteiger partial charge in [0.15, 0.2) is 5.92 Å². The maximum absolute atomic E-state index is 12.0. The lowest BCUT2D eigenvalue weighted by molar-refractivity contribution is -0.166. The number of ether oxygens (including phenoxy) is 2. The zero-order valence-electron chi connectivity index (χ0n) is 12.5. The van der Waals surface area contributed by atoms with Gasteiger partial charge in [-0.05, 0) is 34.6 Å². The van der Waals surface area contributed by atoms with Crippen molar-refractivity contribution in [3.05, 3.63) is 16.1 Å². The SMILES string of the molecule is Cc1ncc(CC(C(=O)OC(C)C)C(=O)OC(C)C)s1. The Kier molecular flexibility index (Phi) is 6.13. The molecule has 1 rings (SSSR count). The lowest BCUT2D eigenvalue weighted by Crippen LogP contribution is -2.32. The van der Waals surface area contributed by atoms with E-state index in [1.807, 2.05) is 6.92 Å². The molecule has 0 unspecified atom stereocenters. The topological polar surface area (TPSA) is 65.5 Å². The molecule has 112 valence electrons. The third-order valence-electron chi connectivity index (χ3n) is 2.35. The lowest BCUT2D eigenvalue weighted by atomic mass is 10.1. The molecule has 20 heavy (non-hydrogen) atoms. The second-order valence-corrected chi connectivity index (χ2v) is 6.39. The first kappa shape index (κ1) is 16.6. The largest absolute Gasteiger partial charge is 0.462 e. The summed E-state index contributed by atoms with van der Waals surface area (Å²) in [5.41, 5.74) is 0. The molecule has 0 aliphatic heterocycles. The number of aryl methyl sites for hydroxylation is 1. The van der Waals surface area contributed by atoms with E-state index in [0.29, 0.717) is 0 Å². The van der Waals surface area contributed by atoms with Crippen LogP contribution in [-0.2, 0) is 25.5 Å². The molecule has 0 spiro atoms. The minimum absolute atomic E-state index is 0.264. The minimum Gasteiger partial charge on any atom is -0.462 e. The average Bonchev–Trinajstić information content (AvgIpc) is 2.69. The molecule has 1 aromatic heterocycles. The van der Waals surface area contributed by atoms with Gasteiger partial charge in [-0.1, -0.05) is 0 Å². The van der Waals surface area contributed by atoms with Crippen molar-refractivity contribution in [2.24, 2.45) is 5.92 Å². The van der Waals surface area contributed by atoms with Crippen molar-refractivity contribution in [1.29, 1.82) is 0 Å². The number of rotatable bonds is 6. The zero-order valence-corrected chi connectivity index (χ0v) is 13.3. The standard InChI is InChI=1S/C14H21NO4S/c1-8(2)18-13(16)12(14(17)19-9(3)4)6-11-7-15-10(5)20-11/h7-9,12H,6H2,1-5H3. The van der Waals surface area contributed by atoms with E-state index < -0.39 is 17.9 Å². The van der Waals surface area contributed by atoms with E-state index >= 15 is 0 Å². The van der Waals surface area contributed by atoms with Gasteiger partial charge < -0.3 is 9.47 Å². The maximum Gasteiger partial charge on any atom is 0.320 e. The fourth-order valence-electron chi connectivity index (χ4n) is 1.59. The van der Waals surface area contributed by atoms with Crippen LogP contribution in [0, 0.1) is 12.8 Å². The van der Waals surface area contributed by atoms with Gasteiger partial charge in [0.2, 0.25) is 0 Å². The van der Waals surface area contributed by atoms with Crippen molar-refractivity contribution in [1.82, 2.24) is 4.98 Å². The van der Waals surface area contributed by atoms with Crippen LogP contribution in [-0.4, -0.2) is 29.1 Å². The van der Waals surface area contributed by atoms with Crippen molar-refractivity contribution < 1.29 is 19.1 Å². The Hall–Kier alpha value is -1.43. The molecule has 0 aliphatic carbocycles. The van der Waals surface area contributed by atoms with Crippen molar-refractivity contribution in [2.45, 2.75) is 53.2 Å². The van der Waals surface area contributed by atoms with Crippen molar-refractivity contribution in [3.63, 3.8) is 0 Å². The van der Waals surface area contributed by atoms with E-state index in [2.05, 4.69) is 4.98 Å². The first-order valence-corrected chi connectivity index (χ1v) is 7.43. The molecule has 1 heterocycles. The Labute approximate surface area is 123 Å². The van der Waals surface area contributed by atoms with Gasteiger partial charge in [-0.3, -0.25) is 9.59 Å². The highest BCUT2D eigenvalue weighted by Gasteiger charge is 2.31. The highest BCUT2D eigenvalue weighted by molar-refractivity contribution is 7.11. The zero-order chi connectivity index (χ0) is 15.3. The molecule has 5 nitrogen and oxygen atoms in total. The number of carbonyl (C=O) groups is 2. The monoisotopic (exact) mass is 299 g/mol. The molecule has 0 radical (unpaired) electrons. The Morgan fingerprint density at radius 3 is 2.00 bits per heavy atom. The predicted octanol–water partition coefficient (Wildman–Crippen LogP) is 2.51. The van der Waals surface area contributed by atoms with Crippen LogP contribution in [0.25, 0.3) is 0 Å². The summed E-state index contributed by atoms with van der Waals surface area (Å²) >= 11 is 1.46. The fraction of sp³-hybridized carbons (Fsp3) is 0.643. The second kappa shape index (κ2) is 7.38. The molecular formula is C14H21NO4S. The third-order valence-corrected chi connectivity index (χ3v) is 3.28. The van der Waals surface area contributed by atoms with Crippen LogP contribution in [0.2, 0.25) is 0 Å². The number of esters is 2. The summed E-state index contributed by atoms with van der Waals surface area (Å²) in [6, 6.07) is 0. The van der Waals surface area contributed by atoms with Gasteiger partial charge in [0, 0.05) is 17.5 Å². The molecule has 0 aromatic carbocycles. The van der Waals surface area contributed by atoms with E-state index in [1.54, 1.807) is 33.9 Å². The van der Waals surface area contributed by atoms with Crippen LogP contribution >= 0.6 is 11.3 Å². The molecule has 0 bridgehead atoms. The highest BCUT2D eigenvalue weighted by Crippen LogP contribution is 2.19. The first-order chi connectivity index (χ1) is 9.29. The summed E-state index contributed by atoms with van der Waals surface area (Å²) in [5.74, 6) is -2.02. The van der Waals surface area contributed by atoms with Crippen LogP contribution in [0.15, 0.2) is 6.20 Å². The summed E-state index contributed by atoms with van der Waals surface area (Å²) in [6.45, 7) is 8.88. The van der Waals surface area contributed by atoms with Crippen LogP contribution in [0.1, 0.15) is 37.6 Å². The first-order valence-electron chi connectivity index (χ1n) is 6.62. The van der Waals surface area contributed by atoms with Crippen LogP contribution < -0.4 is 0 Å². The Balaban J connectivity index is 2.83. The minimum atomic E-state index is -0.931. The maximum atomic E-state index is 12.0. The number of thiazole rings is 1. The van der Waals surface area contributed by atoms with E-state index in [9.17, 15) is 9.59 Å². The normalized spacial score (nSPS) is 11.2. The molecule has 0 saturated carbocycles. The number of nitrogens with zero attached hydrogens (tertiary/aromatic N) is 1. The van der Waals surface area contributed by atoms with Gasteiger partial charge in [-0.2, -0.15) is 0 Å². The van der Waals surface area contributed by atoms with Gasteiger partial charge in [0.25, 0.3) is 0 Å². The Morgan fingerprint density at radius 2 is 1.65 bits per heavy atom. The molecule has 0 amide bonds. The fourth-order valence-corrected chi connectivity index (χ4v) is 2.43. The van der Waals surface area contributed by atoms with E-state index in [4.69, 9.17) is 9.47 Å². The average molecular weight is 299 g/mol. The van der Waals surface area contributed by atoms with Crippen molar-refractivity contribution in [3.8, 4) is 0 Å². The van der Waals surface area contributed by atoms with Gasteiger partial charge in [0.1, 0.15) is 0 Å².